The van der Waals surface area contributed by atoms with E-state index in [-0.39, 0.29) is 6.04 Å². The summed E-state index contributed by atoms with van der Waals surface area (Å²) in [6, 6.07) is 12.8. The van der Waals surface area contributed by atoms with Crippen molar-refractivity contribution >= 4 is 0 Å². The summed E-state index contributed by atoms with van der Waals surface area (Å²) in [6.45, 7) is 6.44. The first-order valence-corrected chi connectivity index (χ1v) is 7.47. The van der Waals surface area contributed by atoms with Crippen molar-refractivity contribution in [2.45, 2.75) is 39.7 Å². The Hall–Kier alpha value is -1.80. The molecule has 0 spiro atoms. The van der Waals surface area contributed by atoms with Crippen LogP contribution in [-0.2, 0) is 6.42 Å². The molecule has 2 aromatic carbocycles. The van der Waals surface area contributed by atoms with Gasteiger partial charge in [-0.3, -0.25) is 0 Å². The Morgan fingerprint density at radius 3 is 2.10 bits per heavy atom. The van der Waals surface area contributed by atoms with Crippen molar-refractivity contribution in [1.29, 1.82) is 0 Å². The average molecular weight is 283 g/mol. The highest BCUT2D eigenvalue weighted by molar-refractivity contribution is 5.39. The van der Waals surface area contributed by atoms with Gasteiger partial charge < -0.3 is 10.5 Å². The summed E-state index contributed by atoms with van der Waals surface area (Å²) in [7, 11) is 1.69. The predicted molar refractivity (Wildman–Crippen MR) is 88.9 cm³/mol. The minimum absolute atomic E-state index is 0.0905. The van der Waals surface area contributed by atoms with Crippen LogP contribution in [0.25, 0.3) is 0 Å². The lowest BCUT2D eigenvalue weighted by Crippen LogP contribution is -2.14. The SMILES string of the molecule is COc1ccc(CCC(N)c2c(C)cc(C)cc2C)cc1. The van der Waals surface area contributed by atoms with Crippen molar-refractivity contribution < 1.29 is 4.74 Å². The van der Waals surface area contributed by atoms with Gasteiger partial charge in [0.15, 0.2) is 0 Å². The molecule has 0 bridgehead atoms. The lowest BCUT2D eigenvalue weighted by atomic mass is 9.91. The molecule has 1 unspecified atom stereocenters. The maximum absolute atomic E-state index is 6.43. The van der Waals surface area contributed by atoms with E-state index in [4.69, 9.17) is 10.5 Å². The Kier molecular flexibility index (Phi) is 5.03. The molecule has 2 heteroatoms. The molecule has 2 rings (SSSR count). The molecule has 0 saturated heterocycles. The largest absolute Gasteiger partial charge is 0.497 e. The first-order valence-electron chi connectivity index (χ1n) is 7.47. The molecule has 0 aliphatic heterocycles. The van der Waals surface area contributed by atoms with Crippen molar-refractivity contribution in [2.24, 2.45) is 5.73 Å². The zero-order valence-electron chi connectivity index (χ0n) is 13.4. The maximum atomic E-state index is 6.43. The van der Waals surface area contributed by atoms with Gasteiger partial charge in [-0.15, -0.1) is 0 Å². The van der Waals surface area contributed by atoms with Crippen LogP contribution >= 0.6 is 0 Å². The number of rotatable bonds is 5. The zero-order valence-corrected chi connectivity index (χ0v) is 13.4. The number of nitrogens with two attached hydrogens (primary N) is 1. The van der Waals surface area contributed by atoms with Gasteiger partial charge in [-0.25, -0.2) is 0 Å². The Labute approximate surface area is 127 Å². The van der Waals surface area contributed by atoms with Crippen LogP contribution in [-0.4, -0.2) is 7.11 Å². The Morgan fingerprint density at radius 2 is 1.57 bits per heavy atom. The van der Waals surface area contributed by atoms with Crippen LogP contribution in [0.3, 0.4) is 0 Å². The number of hydrogen-bond acceptors (Lipinski definition) is 2. The van der Waals surface area contributed by atoms with Crippen LogP contribution in [0.1, 0.15) is 40.3 Å². The van der Waals surface area contributed by atoms with Gasteiger partial charge in [0.2, 0.25) is 0 Å². The van der Waals surface area contributed by atoms with E-state index in [2.05, 4.69) is 45.0 Å². The van der Waals surface area contributed by atoms with Crippen LogP contribution in [0.2, 0.25) is 0 Å². The van der Waals surface area contributed by atoms with Crippen molar-refractivity contribution in [1.82, 2.24) is 0 Å². The van der Waals surface area contributed by atoms with Crippen molar-refractivity contribution in [2.75, 3.05) is 7.11 Å². The van der Waals surface area contributed by atoms with E-state index < -0.39 is 0 Å². The van der Waals surface area contributed by atoms with Crippen LogP contribution in [0, 0.1) is 20.8 Å². The first kappa shape index (κ1) is 15.6. The summed E-state index contributed by atoms with van der Waals surface area (Å²) in [5.74, 6) is 0.897. The molecule has 21 heavy (non-hydrogen) atoms. The van der Waals surface area contributed by atoms with Crippen molar-refractivity contribution in [3.05, 3.63) is 64.2 Å². The topological polar surface area (TPSA) is 35.2 Å². The quantitative estimate of drug-likeness (QED) is 0.890. The summed E-state index contributed by atoms with van der Waals surface area (Å²) in [5.41, 5.74) is 12.9. The van der Waals surface area contributed by atoms with Crippen molar-refractivity contribution in [3.63, 3.8) is 0 Å². The second-order valence-corrected chi connectivity index (χ2v) is 5.81. The highest BCUT2D eigenvalue weighted by Gasteiger charge is 2.12. The van der Waals surface area contributed by atoms with Crippen LogP contribution < -0.4 is 10.5 Å². The lowest BCUT2D eigenvalue weighted by Gasteiger charge is -2.18. The molecule has 2 nitrogen and oxygen atoms in total. The van der Waals surface area contributed by atoms with Gasteiger partial charge in [-0.2, -0.15) is 0 Å². The molecule has 0 heterocycles. The highest BCUT2D eigenvalue weighted by atomic mass is 16.5. The fourth-order valence-electron chi connectivity index (χ4n) is 3.03. The van der Waals surface area contributed by atoms with E-state index >= 15 is 0 Å². The third-order valence-electron chi connectivity index (χ3n) is 4.01. The van der Waals surface area contributed by atoms with E-state index in [1.54, 1.807) is 7.11 Å². The first-order chi connectivity index (χ1) is 10.0. The van der Waals surface area contributed by atoms with Crippen LogP contribution in [0.5, 0.6) is 5.75 Å². The predicted octanol–water partition coefficient (Wildman–Crippen LogP) is 4.25. The average Bonchev–Trinajstić information content (AvgIpc) is 2.44. The molecule has 0 aliphatic carbocycles. The van der Waals surface area contributed by atoms with E-state index in [9.17, 15) is 0 Å². The molecule has 0 radical (unpaired) electrons. The van der Waals surface area contributed by atoms with Crippen LogP contribution in [0.15, 0.2) is 36.4 Å². The minimum atomic E-state index is 0.0905. The minimum Gasteiger partial charge on any atom is -0.497 e. The molecule has 0 saturated carbocycles. The maximum Gasteiger partial charge on any atom is 0.118 e. The molecule has 1 atom stereocenters. The third-order valence-corrected chi connectivity index (χ3v) is 4.01. The molecular weight excluding hydrogens is 258 g/mol. The van der Waals surface area contributed by atoms with E-state index in [1.807, 2.05) is 12.1 Å². The van der Waals surface area contributed by atoms with E-state index in [0.29, 0.717) is 0 Å². The molecule has 0 fully saturated rings. The number of hydrogen-bond donors (Lipinski definition) is 1. The zero-order chi connectivity index (χ0) is 15.4. The highest BCUT2D eigenvalue weighted by Crippen LogP contribution is 2.25. The fourth-order valence-corrected chi connectivity index (χ4v) is 3.03. The fraction of sp³-hybridized carbons (Fsp3) is 0.368. The summed E-state index contributed by atoms with van der Waals surface area (Å²) < 4.78 is 5.18. The van der Waals surface area contributed by atoms with Crippen molar-refractivity contribution in [3.8, 4) is 5.75 Å². The van der Waals surface area contributed by atoms with Gasteiger partial charge in [0.05, 0.1) is 7.11 Å². The number of benzene rings is 2. The summed E-state index contributed by atoms with van der Waals surface area (Å²) in [4.78, 5) is 0. The summed E-state index contributed by atoms with van der Waals surface area (Å²) in [5, 5.41) is 0. The second-order valence-electron chi connectivity index (χ2n) is 5.81. The monoisotopic (exact) mass is 283 g/mol. The third kappa shape index (κ3) is 3.85. The van der Waals surface area contributed by atoms with E-state index in [1.165, 1.54) is 27.8 Å². The molecule has 2 N–H and O–H groups in total. The molecule has 2 aromatic rings. The normalized spacial score (nSPS) is 12.2. The number of aryl methyl sites for hydroxylation is 4. The lowest BCUT2D eigenvalue weighted by molar-refractivity contribution is 0.414. The Bertz CT molecular complexity index is 578. The van der Waals surface area contributed by atoms with Gasteiger partial charge >= 0.3 is 0 Å². The number of methoxy groups -OCH3 is 1. The second kappa shape index (κ2) is 6.77. The molecule has 0 amide bonds. The number of ether oxygens (including phenoxy) is 1. The van der Waals surface area contributed by atoms with E-state index in [0.717, 1.165) is 18.6 Å². The van der Waals surface area contributed by atoms with Gasteiger partial charge in [-0.05, 0) is 68.0 Å². The Balaban J connectivity index is 2.06. The summed E-state index contributed by atoms with van der Waals surface area (Å²) >= 11 is 0. The molecule has 0 aromatic heterocycles. The van der Waals surface area contributed by atoms with Gasteiger partial charge in [0.1, 0.15) is 5.75 Å². The molecule has 0 aliphatic rings. The van der Waals surface area contributed by atoms with Crippen LogP contribution in [0.4, 0.5) is 0 Å². The van der Waals surface area contributed by atoms with Gasteiger partial charge in [0, 0.05) is 6.04 Å². The Morgan fingerprint density at radius 1 is 1.00 bits per heavy atom. The van der Waals surface area contributed by atoms with Gasteiger partial charge in [0.25, 0.3) is 0 Å². The standard InChI is InChI=1S/C19H25NO/c1-13-11-14(2)19(15(3)12-13)18(20)10-7-16-5-8-17(21-4)9-6-16/h5-6,8-9,11-12,18H,7,10,20H2,1-4H3. The van der Waals surface area contributed by atoms with Gasteiger partial charge in [-0.1, -0.05) is 29.8 Å². The smallest absolute Gasteiger partial charge is 0.118 e. The molecule has 112 valence electrons. The molecular formula is C19H25NO. The summed E-state index contributed by atoms with van der Waals surface area (Å²) in [6.07, 6.45) is 1.94.